The molecule has 2 aliphatic heterocycles. The molecule has 23 heavy (non-hydrogen) atoms. The molecule has 5 nitrogen and oxygen atoms in total. The summed E-state index contributed by atoms with van der Waals surface area (Å²) in [5.74, 6) is 0.775. The lowest BCUT2D eigenvalue weighted by Crippen LogP contribution is -2.46. The van der Waals surface area contributed by atoms with Crippen molar-refractivity contribution in [3.63, 3.8) is 0 Å². The number of nitrogens with one attached hydrogen (secondary N) is 2. The highest BCUT2D eigenvalue weighted by Gasteiger charge is 2.37. The summed E-state index contributed by atoms with van der Waals surface area (Å²) >= 11 is 0. The number of benzene rings is 1. The zero-order valence-corrected chi connectivity index (χ0v) is 14.4. The minimum atomic E-state index is -0.0331. The Balaban J connectivity index is 0.00000192. The average Bonchev–Trinajstić information content (AvgIpc) is 3.04. The highest BCUT2D eigenvalue weighted by Crippen LogP contribution is 2.28. The predicted molar refractivity (Wildman–Crippen MR) is 94.0 cm³/mol. The zero-order valence-electron chi connectivity index (χ0n) is 13.6. The lowest BCUT2D eigenvalue weighted by molar-refractivity contribution is -0.137. The van der Waals surface area contributed by atoms with Crippen molar-refractivity contribution in [1.82, 2.24) is 15.8 Å². The Hall–Kier alpha value is -1.14. The van der Waals surface area contributed by atoms with E-state index in [0.29, 0.717) is 12.5 Å². The van der Waals surface area contributed by atoms with Crippen LogP contribution in [-0.2, 0) is 4.79 Å². The second-order valence-corrected chi connectivity index (χ2v) is 6.54. The molecule has 3 rings (SSSR count). The van der Waals surface area contributed by atoms with E-state index in [0.717, 1.165) is 31.5 Å². The highest BCUT2D eigenvalue weighted by atomic mass is 35.5. The summed E-state index contributed by atoms with van der Waals surface area (Å²) in [4.78, 5) is 14.9. The van der Waals surface area contributed by atoms with Crippen LogP contribution in [0.1, 0.15) is 31.4 Å². The predicted octanol–water partition coefficient (Wildman–Crippen LogP) is 1.46. The third kappa shape index (κ3) is 4.04. The van der Waals surface area contributed by atoms with Gasteiger partial charge in [0.1, 0.15) is 0 Å². The molecule has 0 aliphatic carbocycles. The Bertz CT molecular complexity index is 503. The summed E-state index contributed by atoms with van der Waals surface area (Å²) in [6.07, 6.45) is 2.04. The average molecular weight is 339 g/mol. The highest BCUT2D eigenvalue weighted by molar-refractivity contribution is 5.85. The number of hydrogen-bond donors (Lipinski definition) is 3. The first kappa shape index (κ1) is 18.2. The van der Waals surface area contributed by atoms with Crippen LogP contribution in [0.3, 0.4) is 0 Å². The van der Waals surface area contributed by atoms with Gasteiger partial charge in [0.15, 0.2) is 0 Å². The van der Waals surface area contributed by atoms with Crippen LogP contribution in [0, 0.1) is 11.8 Å². The van der Waals surface area contributed by atoms with Crippen LogP contribution in [0.2, 0.25) is 0 Å². The van der Waals surface area contributed by atoms with Crippen molar-refractivity contribution in [3.05, 3.63) is 35.9 Å². The molecule has 2 fully saturated rings. The lowest BCUT2D eigenvalue weighted by Gasteiger charge is -2.35. The van der Waals surface area contributed by atoms with Gasteiger partial charge < -0.3 is 10.6 Å². The zero-order chi connectivity index (χ0) is 15.5. The van der Waals surface area contributed by atoms with E-state index in [2.05, 4.69) is 29.9 Å². The minimum absolute atomic E-state index is 0. The van der Waals surface area contributed by atoms with Crippen molar-refractivity contribution in [3.8, 4) is 0 Å². The van der Waals surface area contributed by atoms with Crippen molar-refractivity contribution in [2.75, 3.05) is 19.6 Å². The number of carbonyl (C=O) groups excluding carboxylic acids is 1. The number of amides is 1. The van der Waals surface area contributed by atoms with E-state index in [1.165, 1.54) is 0 Å². The number of likely N-dealkylation sites (tertiary alicyclic amines) is 1. The third-order valence-corrected chi connectivity index (χ3v) is 5.05. The van der Waals surface area contributed by atoms with Gasteiger partial charge in [0, 0.05) is 25.7 Å². The first-order chi connectivity index (χ1) is 10.7. The van der Waals surface area contributed by atoms with Crippen LogP contribution in [-0.4, -0.2) is 36.5 Å². The Kier molecular flexibility index (Phi) is 6.41. The number of rotatable bonds is 3. The number of hydrogen-bond acceptors (Lipinski definition) is 4. The summed E-state index contributed by atoms with van der Waals surface area (Å²) in [7, 11) is 0. The van der Waals surface area contributed by atoms with Crippen LogP contribution in [0.4, 0.5) is 0 Å². The molecule has 0 aromatic heterocycles. The summed E-state index contributed by atoms with van der Waals surface area (Å²) < 4.78 is 0. The smallest absolute Gasteiger partial charge is 0.229 e. The second-order valence-electron chi connectivity index (χ2n) is 6.54. The van der Waals surface area contributed by atoms with Crippen molar-refractivity contribution in [2.24, 2.45) is 17.6 Å². The largest absolute Gasteiger partial charge is 0.342 e. The van der Waals surface area contributed by atoms with Crippen molar-refractivity contribution < 1.29 is 4.79 Å². The van der Waals surface area contributed by atoms with Gasteiger partial charge in [-0.05, 0) is 31.2 Å². The number of carbonyl (C=O) groups is 1. The van der Waals surface area contributed by atoms with Gasteiger partial charge >= 0.3 is 0 Å². The first-order valence-corrected chi connectivity index (χ1v) is 8.24. The number of nitrogens with zero attached hydrogens (tertiary/aromatic N) is 1. The molecule has 128 valence electrons. The monoisotopic (exact) mass is 338 g/mol. The van der Waals surface area contributed by atoms with Gasteiger partial charge in [-0.2, -0.15) is 0 Å². The topological polar surface area (TPSA) is 70.4 Å². The van der Waals surface area contributed by atoms with Crippen LogP contribution in [0.15, 0.2) is 30.3 Å². The minimum Gasteiger partial charge on any atom is -0.342 e. The number of hydrazine groups is 1. The summed E-state index contributed by atoms with van der Waals surface area (Å²) in [5.41, 5.74) is 13.6. The maximum Gasteiger partial charge on any atom is 0.229 e. The summed E-state index contributed by atoms with van der Waals surface area (Å²) in [5, 5.41) is 0. The fourth-order valence-corrected chi connectivity index (χ4v) is 3.58. The molecule has 0 bridgehead atoms. The molecule has 4 N–H and O–H groups in total. The van der Waals surface area contributed by atoms with E-state index in [4.69, 9.17) is 5.73 Å². The molecule has 3 unspecified atom stereocenters. The van der Waals surface area contributed by atoms with Crippen LogP contribution in [0.5, 0.6) is 0 Å². The van der Waals surface area contributed by atoms with Crippen molar-refractivity contribution in [2.45, 2.75) is 31.8 Å². The van der Waals surface area contributed by atoms with E-state index in [9.17, 15) is 4.79 Å². The molecule has 3 atom stereocenters. The van der Waals surface area contributed by atoms with E-state index >= 15 is 0 Å². The normalized spacial score (nSPS) is 26.6. The van der Waals surface area contributed by atoms with Gasteiger partial charge in [0.25, 0.3) is 0 Å². The molecule has 1 aromatic rings. The molecular weight excluding hydrogens is 312 g/mol. The maximum atomic E-state index is 12.9. The molecule has 1 amide bonds. The van der Waals surface area contributed by atoms with Crippen LogP contribution >= 0.6 is 12.4 Å². The molecule has 1 aromatic carbocycles. The quantitative estimate of drug-likeness (QED) is 0.780. The van der Waals surface area contributed by atoms with Gasteiger partial charge in [0.05, 0.1) is 12.0 Å². The Morgan fingerprint density at radius 3 is 2.52 bits per heavy atom. The molecule has 2 heterocycles. The van der Waals surface area contributed by atoms with Crippen molar-refractivity contribution in [1.29, 1.82) is 0 Å². The molecule has 6 heteroatoms. The van der Waals surface area contributed by atoms with Gasteiger partial charge in [-0.15, -0.1) is 12.4 Å². The molecule has 2 saturated heterocycles. The Morgan fingerprint density at radius 2 is 1.91 bits per heavy atom. The first-order valence-electron chi connectivity index (χ1n) is 8.24. The van der Waals surface area contributed by atoms with Crippen molar-refractivity contribution >= 4 is 18.3 Å². The third-order valence-electron chi connectivity index (χ3n) is 5.05. The number of piperidine rings is 1. The number of halogens is 1. The van der Waals surface area contributed by atoms with Gasteiger partial charge in [-0.1, -0.05) is 30.3 Å². The molecule has 2 aliphatic rings. The molecule has 0 saturated carbocycles. The summed E-state index contributed by atoms with van der Waals surface area (Å²) in [6.45, 7) is 4.43. The standard InChI is InChI=1S/C17H26N4O.ClH/c1-12(18)13-7-9-21(10-8-13)17(22)15-11-19-20-16(15)14-5-3-2-4-6-14;/h2-6,12-13,15-16,19-20H,7-11,18H2,1H3;1H. The van der Waals surface area contributed by atoms with Gasteiger partial charge in [-0.25, -0.2) is 5.43 Å². The van der Waals surface area contributed by atoms with Crippen LogP contribution < -0.4 is 16.6 Å². The fraction of sp³-hybridized carbons (Fsp3) is 0.588. The Labute approximate surface area is 144 Å². The van der Waals surface area contributed by atoms with Crippen LogP contribution in [0.25, 0.3) is 0 Å². The fourth-order valence-electron chi connectivity index (χ4n) is 3.58. The van der Waals surface area contributed by atoms with E-state index in [1.54, 1.807) is 0 Å². The molecule has 0 spiro atoms. The number of nitrogens with two attached hydrogens (primary N) is 1. The lowest BCUT2D eigenvalue weighted by atomic mass is 9.89. The SMILES string of the molecule is CC(N)C1CCN(C(=O)C2CNNC2c2ccccc2)CC1.Cl. The Morgan fingerprint density at radius 1 is 1.26 bits per heavy atom. The van der Waals surface area contributed by atoms with E-state index < -0.39 is 0 Å². The molecular formula is C17H27ClN4O. The van der Waals surface area contributed by atoms with Gasteiger partial charge in [-0.3, -0.25) is 10.2 Å². The van der Waals surface area contributed by atoms with Gasteiger partial charge in [0.2, 0.25) is 5.91 Å². The summed E-state index contributed by atoms with van der Waals surface area (Å²) in [6, 6.07) is 10.5. The maximum absolute atomic E-state index is 12.9. The molecule has 0 radical (unpaired) electrons. The second kappa shape index (κ2) is 8.11. The van der Waals surface area contributed by atoms with E-state index in [-0.39, 0.29) is 36.3 Å². The van der Waals surface area contributed by atoms with E-state index in [1.807, 2.05) is 23.1 Å².